The molecule has 2 amide bonds. The number of hydrogen-bond acceptors (Lipinski definition) is 6. The molecule has 0 aromatic heterocycles. The zero-order valence-corrected chi connectivity index (χ0v) is 25.6. The molecule has 0 saturated heterocycles. The predicted molar refractivity (Wildman–Crippen MR) is 160 cm³/mol. The highest BCUT2D eigenvalue weighted by Gasteiger charge is 2.33. The first-order valence-corrected chi connectivity index (χ1v) is 15.0. The Balaban J connectivity index is 2.06. The summed E-state index contributed by atoms with van der Waals surface area (Å²) >= 11 is 12.2. The standard InChI is InChI=1S/C29H33Cl2N3O6S/c1-5-15-32-29(36)20(2)33(18-21-7-6-8-23(31)16-21)28(35)19-34(24-11-9-22(30)10-12-24)41(37,38)25-13-14-26(39-3)27(17-25)40-4/h6-14,16-17,20H,5,15,18-19H2,1-4H3,(H,32,36)/t20-/m1/s1. The molecule has 0 spiro atoms. The van der Waals surface area contributed by atoms with Gasteiger partial charge in [0.05, 0.1) is 24.8 Å². The lowest BCUT2D eigenvalue weighted by molar-refractivity contribution is -0.139. The number of nitrogens with zero attached hydrogens (tertiary/aromatic N) is 2. The van der Waals surface area contributed by atoms with Gasteiger partial charge in [-0.15, -0.1) is 0 Å². The molecule has 3 aromatic carbocycles. The molecule has 0 saturated carbocycles. The van der Waals surface area contributed by atoms with Crippen LogP contribution in [0.25, 0.3) is 0 Å². The average molecular weight is 623 g/mol. The lowest BCUT2D eigenvalue weighted by Gasteiger charge is -2.32. The number of rotatable bonds is 13. The highest BCUT2D eigenvalue weighted by molar-refractivity contribution is 7.92. The van der Waals surface area contributed by atoms with Gasteiger partial charge in [0.25, 0.3) is 10.0 Å². The van der Waals surface area contributed by atoms with E-state index in [4.69, 9.17) is 32.7 Å². The van der Waals surface area contributed by atoms with Crippen molar-refractivity contribution >= 4 is 50.7 Å². The van der Waals surface area contributed by atoms with Crippen molar-refractivity contribution in [3.05, 3.63) is 82.3 Å². The zero-order valence-electron chi connectivity index (χ0n) is 23.3. The quantitative estimate of drug-likeness (QED) is 0.283. The van der Waals surface area contributed by atoms with E-state index in [-0.39, 0.29) is 28.8 Å². The van der Waals surface area contributed by atoms with Crippen LogP contribution >= 0.6 is 23.2 Å². The van der Waals surface area contributed by atoms with Gasteiger partial charge in [-0.25, -0.2) is 8.42 Å². The molecule has 9 nitrogen and oxygen atoms in total. The number of carbonyl (C=O) groups excluding carboxylic acids is 2. The number of anilines is 1. The molecule has 0 fully saturated rings. The number of carbonyl (C=O) groups is 2. The number of sulfonamides is 1. The van der Waals surface area contributed by atoms with Gasteiger partial charge in [0.15, 0.2) is 11.5 Å². The molecule has 0 aliphatic carbocycles. The van der Waals surface area contributed by atoms with Gasteiger partial charge in [-0.05, 0) is 67.4 Å². The first kappa shape index (κ1) is 32.0. The summed E-state index contributed by atoms with van der Waals surface area (Å²) in [7, 11) is -1.47. The largest absolute Gasteiger partial charge is 0.493 e. The fourth-order valence-corrected chi connectivity index (χ4v) is 5.82. The number of methoxy groups -OCH3 is 2. The van der Waals surface area contributed by atoms with Gasteiger partial charge < -0.3 is 19.7 Å². The number of halogens is 2. The van der Waals surface area contributed by atoms with Crippen LogP contribution in [0.4, 0.5) is 5.69 Å². The molecule has 220 valence electrons. The van der Waals surface area contributed by atoms with E-state index in [0.717, 1.165) is 4.31 Å². The van der Waals surface area contributed by atoms with E-state index in [9.17, 15) is 18.0 Å². The Hall–Kier alpha value is -3.47. The maximum Gasteiger partial charge on any atom is 0.264 e. The molecule has 0 aliphatic rings. The molecular formula is C29H33Cl2N3O6S. The van der Waals surface area contributed by atoms with Crippen molar-refractivity contribution in [2.75, 3.05) is 31.6 Å². The summed E-state index contributed by atoms with van der Waals surface area (Å²) in [6.45, 7) is 3.40. The van der Waals surface area contributed by atoms with Gasteiger partial charge in [0, 0.05) is 29.2 Å². The number of amides is 2. The number of benzene rings is 3. The molecule has 0 heterocycles. The normalized spacial score (nSPS) is 11.9. The topological polar surface area (TPSA) is 105 Å². The van der Waals surface area contributed by atoms with Crippen LogP contribution in [0.2, 0.25) is 10.0 Å². The first-order valence-electron chi connectivity index (χ1n) is 12.8. The third kappa shape index (κ3) is 8.06. The summed E-state index contributed by atoms with van der Waals surface area (Å²) in [6.07, 6.45) is 0.717. The highest BCUT2D eigenvalue weighted by Crippen LogP contribution is 2.32. The summed E-state index contributed by atoms with van der Waals surface area (Å²) in [5, 5.41) is 3.67. The summed E-state index contributed by atoms with van der Waals surface area (Å²) in [5.74, 6) is -0.397. The molecule has 0 aliphatic heterocycles. The number of ether oxygens (including phenoxy) is 2. The van der Waals surface area contributed by atoms with Gasteiger partial charge in [-0.2, -0.15) is 0 Å². The van der Waals surface area contributed by atoms with Gasteiger partial charge in [0.1, 0.15) is 12.6 Å². The molecule has 1 N–H and O–H groups in total. The van der Waals surface area contributed by atoms with E-state index in [0.29, 0.717) is 34.3 Å². The summed E-state index contributed by atoms with van der Waals surface area (Å²) < 4.78 is 39.6. The SMILES string of the molecule is CCCNC(=O)[C@@H](C)N(Cc1cccc(Cl)c1)C(=O)CN(c1ccc(Cl)cc1)S(=O)(=O)c1ccc(OC)c(OC)c1. The minimum Gasteiger partial charge on any atom is -0.493 e. The second-order valence-electron chi connectivity index (χ2n) is 9.12. The van der Waals surface area contributed by atoms with Crippen LogP contribution < -0.4 is 19.1 Å². The van der Waals surface area contributed by atoms with E-state index in [2.05, 4.69) is 5.32 Å². The summed E-state index contributed by atoms with van der Waals surface area (Å²) in [4.78, 5) is 28.1. The predicted octanol–water partition coefficient (Wildman–Crippen LogP) is 5.15. The first-order chi connectivity index (χ1) is 19.5. The number of nitrogens with one attached hydrogen (secondary N) is 1. The van der Waals surface area contributed by atoms with Gasteiger partial charge in [-0.1, -0.05) is 42.3 Å². The fourth-order valence-electron chi connectivity index (χ4n) is 4.05. The average Bonchev–Trinajstić information content (AvgIpc) is 2.97. The van der Waals surface area contributed by atoms with Crippen LogP contribution in [0.1, 0.15) is 25.8 Å². The monoisotopic (exact) mass is 621 g/mol. The molecular weight excluding hydrogens is 589 g/mol. The molecule has 0 radical (unpaired) electrons. The van der Waals surface area contributed by atoms with Crippen LogP contribution in [0.15, 0.2) is 71.6 Å². The van der Waals surface area contributed by atoms with Crippen molar-refractivity contribution in [2.45, 2.75) is 37.8 Å². The maximum absolute atomic E-state index is 14.0. The Labute approximate surface area is 251 Å². The number of hydrogen-bond donors (Lipinski definition) is 1. The van der Waals surface area contributed by atoms with Crippen LogP contribution in [0.5, 0.6) is 11.5 Å². The lowest BCUT2D eigenvalue weighted by atomic mass is 10.1. The molecule has 0 bridgehead atoms. The van der Waals surface area contributed by atoms with Gasteiger partial charge >= 0.3 is 0 Å². The second-order valence-corrected chi connectivity index (χ2v) is 11.9. The van der Waals surface area contributed by atoms with E-state index in [1.165, 1.54) is 61.6 Å². The Kier molecular flexibility index (Phi) is 11.3. The van der Waals surface area contributed by atoms with Crippen molar-refractivity contribution in [1.29, 1.82) is 0 Å². The maximum atomic E-state index is 14.0. The molecule has 12 heteroatoms. The molecule has 41 heavy (non-hydrogen) atoms. The Morgan fingerprint density at radius 3 is 2.22 bits per heavy atom. The van der Waals surface area contributed by atoms with Crippen LogP contribution in [0.3, 0.4) is 0 Å². The van der Waals surface area contributed by atoms with Crippen molar-refractivity contribution < 1.29 is 27.5 Å². The summed E-state index contributed by atoms with van der Waals surface area (Å²) in [6, 6.07) is 16.3. The Bertz CT molecular complexity index is 1470. The minimum atomic E-state index is -4.31. The summed E-state index contributed by atoms with van der Waals surface area (Å²) in [5.41, 5.74) is 0.894. The van der Waals surface area contributed by atoms with Crippen molar-refractivity contribution in [3.63, 3.8) is 0 Å². The Morgan fingerprint density at radius 2 is 1.61 bits per heavy atom. The van der Waals surface area contributed by atoms with Gasteiger partial charge in [-0.3, -0.25) is 13.9 Å². The fraction of sp³-hybridized carbons (Fsp3) is 0.310. The van der Waals surface area contributed by atoms with Crippen LogP contribution in [-0.2, 0) is 26.2 Å². The lowest BCUT2D eigenvalue weighted by Crippen LogP contribution is -2.51. The molecule has 3 rings (SSSR count). The molecule has 3 aromatic rings. The van der Waals surface area contributed by atoms with E-state index < -0.39 is 28.5 Å². The van der Waals surface area contributed by atoms with Crippen molar-refractivity contribution in [2.24, 2.45) is 0 Å². The third-order valence-corrected chi connectivity index (χ3v) is 8.55. The third-order valence-electron chi connectivity index (χ3n) is 6.29. The smallest absolute Gasteiger partial charge is 0.264 e. The van der Waals surface area contributed by atoms with Crippen molar-refractivity contribution in [1.82, 2.24) is 10.2 Å². The van der Waals surface area contributed by atoms with E-state index >= 15 is 0 Å². The van der Waals surface area contributed by atoms with Gasteiger partial charge in [0.2, 0.25) is 11.8 Å². The molecule has 0 unspecified atom stereocenters. The highest BCUT2D eigenvalue weighted by atomic mass is 35.5. The Morgan fingerprint density at radius 1 is 0.927 bits per heavy atom. The van der Waals surface area contributed by atoms with E-state index in [1.807, 2.05) is 6.92 Å². The van der Waals surface area contributed by atoms with E-state index in [1.54, 1.807) is 31.2 Å². The molecule has 1 atom stereocenters. The van der Waals surface area contributed by atoms with Crippen LogP contribution in [-0.4, -0.2) is 58.5 Å². The van der Waals surface area contributed by atoms with Crippen LogP contribution in [0, 0.1) is 0 Å². The van der Waals surface area contributed by atoms with Crippen molar-refractivity contribution in [3.8, 4) is 11.5 Å². The second kappa shape index (κ2) is 14.4. The zero-order chi connectivity index (χ0) is 30.2. The minimum absolute atomic E-state index is 0.0327.